The summed E-state index contributed by atoms with van der Waals surface area (Å²) in [6.07, 6.45) is 8.44. The van der Waals surface area contributed by atoms with E-state index in [0.29, 0.717) is 0 Å². The van der Waals surface area contributed by atoms with Crippen molar-refractivity contribution >= 4 is 45.4 Å². The minimum atomic E-state index is 0.724. The van der Waals surface area contributed by atoms with Crippen molar-refractivity contribution in [1.29, 1.82) is 0 Å². The number of hydrogen-bond acceptors (Lipinski definition) is 1. The second-order valence-electron chi connectivity index (χ2n) is 7.41. The van der Waals surface area contributed by atoms with Gasteiger partial charge in [-0.3, -0.25) is 0 Å². The van der Waals surface area contributed by atoms with Crippen LogP contribution in [-0.2, 0) is 0 Å². The van der Waals surface area contributed by atoms with Crippen molar-refractivity contribution in [3.63, 3.8) is 0 Å². The van der Waals surface area contributed by atoms with E-state index in [9.17, 15) is 0 Å². The van der Waals surface area contributed by atoms with Gasteiger partial charge in [-0.05, 0) is 46.2 Å². The lowest BCUT2D eigenvalue weighted by atomic mass is 9.98. The molecule has 0 aliphatic rings. The fourth-order valence-corrected chi connectivity index (χ4v) is 3.95. The third-order valence-electron chi connectivity index (χ3n) is 5.34. The van der Waals surface area contributed by atoms with Gasteiger partial charge in [0.25, 0.3) is 0 Å². The molecule has 4 aromatic carbocycles. The average molecular weight is 418 g/mol. The van der Waals surface area contributed by atoms with Gasteiger partial charge in [0.05, 0.1) is 11.2 Å². The smallest absolute Gasteiger partial charge is 0.0722 e. The zero-order chi connectivity index (χ0) is 21.0. The van der Waals surface area contributed by atoms with Crippen LogP contribution < -0.4 is 0 Å². The van der Waals surface area contributed by atoms with Crippen LogP contribution in [0.15, 0.2) is 109 Å². The number of allylic oxidation sites excluding steroid dienone is 2. The molecule has 0 bridgehead atoms. The molecule has 1 nitrogen and oxygen atoms in total. The monoisotopic (exact) mass is 417 g/mol. The predicted octanol–water partition coefficient (Wildman–Crippen LogP) is 8.44. The van der Waals surface area contributed by atoms with E-state index in [0.717, 1.165) is 27.4 Å². The lowest BCUT2D eigenvalue weighted by Crippen LogP contribution is -1.90. The maximum Gasteiger partial charge on any atom is 0.0722 e. The normalized spacial score (nSPS) is 11.8. The summed E-state index contributed by atoms with van der Waals surface area (Å²) in [4.78, 5) is 4.97. The Morgan fingerprint density at radius 3 is 2.26 bits per heavy atom. The molecule has 0 spiro atoms. The molecule has 0 unspecified atom stereocenters. The Morgan fingerprint density at radius 2 is 1.42 bits per heavy atom. The quantitative estimate of drug-likeness (QED) is 0.211. The lowest BCUT2D eigenvalue weighted by molar-refractivity contribution is 1.40. The zero-order valence-corrected chi connectivity index (χ0v) is 17.6. The average Bonchev–Trinajstić information content (AvgIpc) is 2.82. The number of nitrogens with zero attached hydrogens (tertiary/aromatic N) is 1. The Morgan fingerprint density at radius 1 is 0.677 bits per heavy atom. The Balaban J connectivity index is 1.65. The maximum atomic E-state index is 6.09. The van der Waals surface area contributed by atoms with E-state index in [1.165, 1.54) is 21.7 Å². The van der Waals surface area contributed by atoms with Crippen LogP contribution in [0.4, 0.5) is 0 Å². The third kappa shape index (κ3) is 4.14. The first-order valence-corrected chi connectivity index (χ1v) is 10.6. The van der Waals surface area contributed by atoms with Gasteiger partial charge >= 0.3 is 0 Å². The predicted molar refractivity (Wildman–Crippen MR) is 134 cm³/mol. The number of hydrogen-bond donors (Lipinski definition) is 0. The van der Waals surface area contributed by atoms with Crippen molar-refractivity contribution < 1.29 is 0 Å². The van der Waals surface area contributed by atoms with Crippen LogP contribution >= 0.6 is 11.6 Å². The molecule has 0 N–H and O–H groups in total. The highest BCUT2D eigenvalue weighted by Gasteiger charge is 2.09. The Hall–Kier alpha value is -3.68. The molecule has 0 saturated heterocycles. The molecule has 0 radical (unpaired) electrons. The molecule has 1 aromatic heterocycles. The van der Waals surface area contributed by atoms with Crippen LogP contribution in [0.25, 0.3) is 45.1 Å². The van der Waals surface area contributed by atoms with Gasteiger partial charge in [0.1, 0.15) is 0 Å². The van der Waals surface area contributed by atoms with Crippen molar-refractivity contribution in [1.82, 2.24) is 4.98 Å². The Labute approximate surface area is 187 Å². The van der Waals surface area contributed by atoms with Gasteiger partial charge in [0.2, 0.25) is 0 Å². The summed E-state index contributed by atoms with van der Waals surface area (Å²) >= 11 is 6.09. The summed E-state index contributed by atoms with van der Waals surface area (Å²) in [5.74, 6) is 0. The summed E-state index contributed by atoms with van der Waals surface area (Å²) in [5.41, 5.74) is 5.29. The van der Waals surface area contributed by atoms with Crippen LogP contribution in [0.3, 0.4) is 0 Å². The van der Waals surface area contributed by atoms with Crippen molar-refractivity contribution in [2.24, 2.45) is 0 Å². The van der Waals surface area contributed by atoms with Crippen LogP contribution in [0.2, 0.25) is 5.02 Å². The van der Waals surface area contributed by atoms with Gasteiger partial charge in [-0.15, -0.1) is 0 Å². The van der Waals surface area contributed by atoms with E-state index in [4.69, 9.17) is 16.6 Å². The van der Waals surface area contributed by atoms with Crippen LogP contribution in [-0.4, -0.2) is 4.98 Å². The molecular weight excluding hydrogens is 398 g/mol. The number of benzene rings is 4. The largest absolute Gasteiger partial charge is 0.248 e. The van der Waals surface area contributed by atoms with Gasteiger partial charge in [-0.1, -0.05) is 109 Å². The van der Waals surface area contributed by atoms with E-state index in [1.807, 2.05) is 42.5 Å². The SMILES string of the molecule is Clc1ccc(-c2cc(C=CC=Cc3ccccc3)c3c(ccc4ccccc43)n2)cc1. The molecule has 148 valence electrons. The van der Waals surface area contributed by atoms with E-state index < -0.39 is 0 Å². The van der Waals surface area contributed by atoms with Crippen molar-refractivity contribution in [3.05, 3.63) is 125 Å². The van der Waals surface area contributed by atoms with Crippen LogP contribution in [0.1, 0.15) is 11.1 Å². The molecular formula is C29H20ClN. The molecule has 2 heteroatoms. The van der Waals surface area contributed by atoms with Crippen LogP contribution in [0, 0.1) is 0 Å². The summed E-state index contributed by atoms with van der Waals surface area (Å²) in [6, 6.07) is 33.0. The van der Waals surface area contributed by atoms with Crippen molar-refractivity contribution in [2.75, 3.05) is 0 Å². The molecule has 31 heavy (non-hydrogen) atoms. The van der Waals surface area contributed by atoms with Crippen LogP contribution in [0.5, 0.6) is 0 Å². The van der Waals surface area contributed by atoms with E-state index in [-0.39, 0.29) is 0 Å². The second-order valence-corrected chi connectivity index (χ2v) is 7.85. The molecule has 0 aliphatic carbocycles. The molecule has 0 fully saturated rings. The number of pyridine rings is 1. The minimum Gasteiger partial charge on any atom is -0.248 e. The Kier molecular flexibility index (Phi) is 5.35. The highest BCUT2D eigenvalue weighted by molar-refractivity contribution is 6.30. The number of fused-ring (bicyclic) bond motifs is 3. The molecule has 0 atom stereocenters. The third-order valence-corrected chi connectivity index (χ3v) is 5.60. The molecule has 0 amide bonds. The summed E-state index contributed by atoms with van der Waals surface area (Å²) < 4.78 is 0. The van der Waals surface area contributed by atoms with Gasteiger partial charge in [-0.2, -0.15) is 0 Å². The number of halogens is 1. The summed E-state index contributed by atoms with van der Waals surface area (Å²) in [7, 11) is 0. The highest BCUT2D eigenvalue weighted by atomic mass is 35.5. The van der Waals surface area contributed by atoms with Crippen molar-refractivity contribution in [3.8, 4) is 11.3 Å². The summed E-state index contributed by atoms with van der Waals surface area (Å²) in [5, 5.41) is 4.31. The standard InChI is InChI=1S/C29H20ClN/c30-25-17-14-23(15-18-25)28-20-24(12-5-4-10-21-8-2-1-3-9-21)29-26-13-7-6-11-22(26)16-19-27(29)31-28/h1-20H. The maximum absolute atomic E-state index is 6.09. The fourth-order valence-electron chi connectivity index (χ4n) is 3.83. The minimum absolute atomic E-state index is 0.724. The first-order valence-electron chi connectivity index (χ1n) is 10.3. The van der Waals surface area contributed by atoms with Gasteiger partial charge in [0.15, 0.2) is 0 Å². The van der Waals surface area contributed by atoms with Gasteiger partial charge in [0, 0.05) is 16.0 Å². The van der Waals surface area contributed by atoms with E-state index in [2.05, 4.69) is 78.9 Å². The highest BCUT2D eigenvalue weighted by Crippen LogP contribution is 2.32. The number of rotatable bonds is 4. The van der Waals surface area contributed by atoms with E-state index in [1.54, 1.807) is 0 Å². The first-order chi connectivity index (χ1) is 15.3. The topological polar surface area (TPSA) is 12.9 Å². The fraction of sp³-hybridized carbons (Fsp3) is 0. The molecule has 0 aliphatic heterocycles. The second kappa shape index (κ2) is 8.59. The van der Waals surface area contributed by atoms with Crippen molar-refractivity contribution in [2.45, 2.75) is 0 Å². The molecule has 0 saturated carbocycles. The molecule has 5 aromatic rings. The zero-order valence-electron chi connectivity index (χ0n) is 16.9. The Bertz CT molecular complexity index is 1410. The molecule has 1 heterocycles. The van der Waals surface area contributed by atoms with Gasteiger partial charge in [-0.25, -0.2) is 4.98 Å². The first kappa shape index (κ1) is 19.3. The number of aromatic nitrogens is 1. The summed E-state index contributed by atoms with van der Waals surface area (Å²) in [6.45, 7) is 0. The van der Waals surface area contributed by atoms with Gasteiger partial charge < -0.3 is 0 Å². The molecule has 5 rings (SSSR count). The van der Waals surface area contributed by atoms with E-state index >= 15 is 0 Å². The lowest BCUT2D eigenvalue weighted by Gasteiger charge is -2.10.